The summed E-state index contributed by atoms with van der Waals surface area (Å²) >= 11 is 6.00. The van der Waals surface area contributed by atoms with Gasteiger partial charge >= 0.3 is 0 Å². The Kier molecular flexibility index (Phi) is 4.98. The lowest BCUT2D eigenvalue weighted by atomic mass is 10.3. The Hall–Kier alpha value is -2.03. The van der Waals surface area contributed by atoms with Crippen LogP contribution in [0.25, 0.3) is 0 Å². The molecule has 1 aromatic heterocycles. The van der Waals surface area contributed by atoms with Crippen LogP contribution in [0.1, 0.15) is 10.5 Å². The zero-order chi connectivity index (χ0) is 17.2. The molecule has 0 aliphatic carbocycles. The van der Waals surface area contributed by atoms with Gasteiger partial charge in [-0.15, -0.1) is 0 Å². The summed E-state index contributed by atoms with van der Waals surface area (Å²) in [6.45, 7) is 0. The minimum Gasteiger partial charge on any atom is -0.495 e. The van der Waals surface area contributed by atoms with Crippen molar-refractivity contribution in [3.8, 4) is 5.75 Å². The normalized spacial score (nSPS) is 11.3. The molecule has 0 radical (unpaired) electrons. The third-order valence-corrected chi connectivity index (χ3v) is 4.88. The van der Waals surface area contributed by atoms with Crippen LogP contribution in [0.2, 0.25) is 5.02 Å². The fraction of sp³-hybridized carbons (Fsp3) is 0.214. The van der Waals surface area contributed by atoms with Crippen molar-refractivity contribution in [3.63, 3.8) is 0 Å². The van der Waals surface area contributed by atoms with Crippen molar-refractivity contribution in [1.29, 1.82) is 0 Å². The largest absolute Gasteiger partial charge is 0.495 e. The van der Waals surface area contributed by atoms with E-state index < -0.39 is 15.9 Å². The lowest BCUT2D eigenvalue weighted by molar-refractivity contribution is 0.101. The Labute approximate surface area is 139 Å². The summed E-state index contributed by atoms with van der Waals surface area (Å²) < 4.78 is 32.2. The number of methoxy groups -OCH3 is 1. The molecule has 1 aromatic carbocycles. The monoisotopic (exact) mass is 357 g/mol. The van der Waals surface area contributed by atoms with E-state index in [2.05, 4.69) is 10.0 Å². The quantitative estimate of drug-likeness (QED) is 0.854. The molecule has 2 rings (SSSR count). The van der Waals surface area contributed by atoms with Crippen molar-refractivity contribution in [3.05, 3.63) is 41.2 Å². The van der Waals surface area contributed by atoms with Crippen LogP contribution in [0.5, 0.6) is 5.75 Å². The SMILES string of the molecule is CNS(=O)(=O)c1cc(C(=O)Nc2ccc(OC)c(Cl)c2)n(C)c1. The van der Waals surface area contributed by atoms with Crippen LogP contribution in [-0.2, 0) is 17.1 Å². The predicted octanol–water partition coefficient (Wildman–Crippen LogP) is 1.85. The Morgan fingerprint density at radius 3 is 2.57 bits per heavy atom. The van der Waals surface area contributed by atoms with Gasteiger partial charge in [-0.3, -0.25) is 4.79 Å². The molecule has 0 aliphatic rings. The van der Waals surface area contributed by atoms with Gasteiger partial charge < -0.3 is 14.6 Å². The molecule has 0 atom stereocenters. The number of amides is 1. The molecule has 0 aliphatic heterocycles. The van der Waals surface area contributed by atoms with E-state index in [1.165, 1.54) is 31.0 Å². The number of carbonyl (C=O) groups excluding carboxylic acids is 1. The number of hydrogen-bond donors (Lipinski definition) is 2. The lowest BCUT2D eigenvalue weighted by Crippen LogP contribution is -2.18. The van der Waals surface area contributed by atoms with Gasteiger partial charge in [0, 0.05) is 18.9 Å². The summed E-state index contributed by atoms with van der Waals surface area (Å²) in [6, 6.07) is 6.11. The van der Waals surface area contributed by atoms with Gasteiger partial charge in [0.15, 0.2) is 0 Å². The highest BCUT2D eigenvalue weighted by molar-refractivity contribution is 7.89. The summed E-state index contributed by atoms with van der Waals surface area (Å²) in [5.41, 5.74) is 0.672. The predicted molar refractivity (Wildman–Crippen MR) is 87.6 cm³/mol. The number of halogens is 1. The molecule has 124 valence electrons. The second kappa shape index (κ2) is 6.61. The average molecular weight is 358 g/mol. The summed E-state index contributed by atoms with van der Waals surface area (Å²) in [4.78, 5) is 12.3. The van der Waals surface area contributed by atoms with Crippen molar-refractivity contribution in [1.82, 2.24) is 9.29 Å². The Morgan fingerprint density at radius 1 is 1.30 bits per heavy atom. The fourth-order valence-electron chi connectivity index (χ4n) is 1.96. The van der Waals surface area contributed by atoms with E-state index in [0.717, 1.165) is 0 Å². The third kappa shape index (κ3) is 3.66. The van der Waals surface area contributed by atoms with Crippen LogP contribution in [0.15, 0.2) is 35.4 Å². The molecule has 0 saturated heterocycles. The second-order valence-electron chi connectivity index (χ2n) is 4.68. The maximum absolute atomic E-state index is 12.3. The summed E-state index contributed by atoms with van der Waals surface area (Å²) in [5.74, 6) is 0.0391. The first-order chi connectivity index (χ1) is 10.8. The van der Waals surface area contributed by atoms with E-state index in [0.29, 0.717) is 16.5 Å². The molecular formula is C14H16ClN3O4S. The molecule has 0 spiro atoms. The van der Waals surface area contributed by atoms with Crippen LogP contribution in [0.3, 0.4) is 0 Å². The molecule has 23 heavy (non-hydrogen) atoms. The fourth-order valence-corrected chi connectivity index (χ4v) is 3.02. The van der Waals surface area contributed by atoms with Gasteiger partial charge in [0.2, 0.25) is 10.0 Å². The number of ether oxygens (including phenoxy) is 1. The van der Waals surface area contributed by atoms with E-state index in [4.69, 9.17) is 16.3 Å². The van der Waals surface area contributed by atoms with Gasteiger partial charge in [-0.05, 0) is 31.3 Å². The molecule has 0 saturated carbocycles. The number of nitrogens with zero attached hydrogens (tertiary/aromatic N) is 1. The second-order valence-corrected chi connectivity index (χ2v) is 6.98. The van der Waals surface area contributed by atoms with Gasteiger partial charge in [-0.25, -0.2) is 13.1 Å². The number of rotatable bonds is 5. The van der Waals surface area contributed by atoms with Crippen LogP contribution in [0, 0.1) is 0 Å². The number of sulfonamides is 1. The summed E-state index contributed by atoms with van der Waals surface area (Å²) in [7, 11) is 0.778. The maximum Gasteiger partial charge on any atom is 0.272 e. The van der Waals surface area contributed by atoms with Crippen molar-refractivity contribution in [2.24, 2.45) is 7.05 Å². The van der Waals surface area contributed by atoms with Crippen molar-refractivity contribution >= 4 is 33.2 Å². The smallest absolute Gasteiger partial charge is 0.272 e. The van der Waals surface area contributed by atoms with Crippen LogP contribution >= 0.6 is 11.6 Å². The lowest BCUT2D eigenvalue weighted by Gasteiger charge is -2.08. The highest BCUT2D eigenvalue weighted by atomic mass is 35.5. The van der Waals surface area contributed by atoms with Crippen LogP contribution in [0.4, 0.5) is 5.69 Å². The minimum atomic E-state index is -3.61. The number of nitrogens with one attached hydrogen (secondary N) is 2. The Bertz CT molecular complexity index is 846. The Morgan fingerprint density at radius 2 is 2.00 bits per heavy atom. The zero-order valence-corrected chi connectivity index (χ0v) is 14.3. The van der Waals surface area contributed by atoms with Crippen molar-refractivity contribution < 1.29 is 17.9 Å². The van der Waals surface area contributed by atoms with Crippen LogP contribution < -0.4 is 14.8 Å². The first kappa shape index (κ1) is 17.3. The first-order valence-corrected chi connectivity index (χ1v) is 8.39. The Balaban J connectivity index is 2.26. The number of aryl methyl sites for hydroxylation is 1. The van der Waals surface area contributed by atoms with Gasteiger partial charge in [0.1, 0.15) is 16.3 Å². The first-order valence-electron chi connectivity index (χ1n) is 6.53. The number of benzene rings is 1. The van der Waals surface area contributed by atoms with Gasteiger partial charge in [0.05, 0.1) is 12.1 Å². The highest BCUT2D eigenvalue weighted by Crippen LogP contribution is 2.27. The molecule has 9 heteroatoms. The number of aromatic nitrogens is 1. The van der Waals surface area contributed by atoms with E-state index in [-0.39, 0.29) is 10.6 Å². The third-order valence-electron chi connectivity index (χ3n) is 3.20. The molecule has 2 aromatic rings. The molecule has 0 unspecified atom stereocenters. The molecule has 0 fully saturated rings. The average Bonchev–Trinajstić information content (AvgIpc) is 2.90. The van der Waals surface area contributed by atoms with E-state index in [1.54, 1.807) is 25.2 Å². The number of carbonyl (C=O) groups is 1. The number of anilines is 1. The summed E-state index contributed by atoms with van der Waals surface area (Å²) in [5, 5.41) is 3.02. The molecule has 0 bridgehead atoms. The van der Waals surface area contributed by atoms with Gasteiger partial charge in [0.25, 0.3) is 5.91 Å². The van der Waals surface area contributed by atoms with E-state index in [9.17, 15) is 13.2 Å². The van der Waals surface area contributed by atoms with Crippen molar-refractivity contribution in [2.45, 2.75) is 4.90 Å². The molecular weight excluding hydrogens is 342 g/mol. The minimum absolute atomic E-state index is 0.0143. The van der Waals surface area contributed by atoms with E-state index >= 15 is 0 Å². The zero-order valence-electron chi connectivity index (χ0n) is 12.8. The van der Waals surface area contributed by atoms with E-state index in [1.807, 2.05) is 0 Å². The number of hydrogen-bond acceptors (Lipinski definition) is 4. The standard InChI is InChI=1S/C14H16ClN3O4S/c1-16-23(20,21)10-7-12(18(2)8-10)14(19)17-9-4-5-13(22-3)11(15)6-9/h4-8,16H,1-3H3,(H,17,19). The molecule has 7 nitrogen and oxygen atoms in total. The van der Waals surface area contributed by atoms with Crippen LogP contribution in [-0.4, -0.2) is 33.0 Å². The molecule has 1 heterocycles. The topological polar surface area (TPSA) is 89.4 Å². The maximum atomic E-state index is 12.3. The highest BCUT2D eigenvalue weighted by Gasteiger charge is 2.19. The van der Waals surface area contributed by atoms with Gasteiger partial charge in [-0.1, -0.05) is 11.6 Å². The van der Waals surface area contributed by atoms with Gasteiger partial charge in [-0.2, -0.15) is 0 Å². The molecule has 2 N–H and O–H groups in total. The molecule has 1 amide bonds. The summed E-state index contributed by atoms with van der Waals surface area (Å²) in [6.07, 6.45) is 1.36. The van der Waals surface area contributed by atoms with Crippen molar-refractivity contribution in [2.75, 3.05) is 19.5 Å².